The molecule has 0 saturated carbocycles. The molecule has 0 atom stereocenters. The molecule has 1 aromatic rings. The molecule has 0 radical (unpaired) electrons. The summed E-state index contributed by atoms with van der Waals surface area (Å²) in [6.07, 6.45) is 0. The number of hydrogen-bond donors (Lipinski definition) is 0. The van der Waals surface area contributed by atoms with E-state index in [0.29, 0.717) is 10.6 Å². The lowest BCUT2D eigenvalue weighted by atomic mass is 10.1. The molecule has 0 heterocycles. The predicted molar refractivity (Wildman–Crippen MR) is 62.5 cm³/mol. The Morgan fingerprint density at radius 2 is 1.93 bits per heavy atom. The van der Waals surface area contributed by atoms with Gasteiger partial charge in [0.05, 0.1) is 5.02 Å². The Hall–Kier alpha value is -1.02. The zero-order chi connectivity index (χ0) is 10.0. The third kappa shape index (κ3) is 2.74. The van der Waals surface area contributed by atoms with Crippen molar-refractivity contribution in [1.29, 1.82) is 0 Å². The van der Waals surface area contributed by atoms with Crippen LogP contribution < -0.4 is 4.90 Å². The minimum absolute atomic E-state index is 0. The van der Waals surface area contributed by atoms with E-state index >= 15 is 0 Å². The highest BCUT2D eigenvalue weighted by Gasteiger charge is 2.06. The van der Waals surface area contributed by atoms with Crippen LogP contribution in [0.2, 0.25) is 5.02 Å². The van der Waals surface area contributed by atoms with E-state index in [0.717, 1.165) is 5.69 Å². The summed E-state index contributed by atoms with van der Waals surface area (Å²) in [5, 5.41) is 0.513. The Kier molecular flexibility index (Phi) is 4.64. The van der Waals surface area contributed by atoms with Crippen molar-refractivity contribution in [2.24, 2.45) is 0 Å². The highest BCUT2D eigenvalue weighted by molar-refractivity contribution is 6.34. The Bertz CT molecular complexity index is 334. The number of nitrogens with zero attached hydrogens (tertiary/aromatic N) is 1. The quantitative estimate of drug-likeness (QED) is 0.703. The topological polar surface area (TPSA) is 20.3 Å². The van der Waals surface area contributed by atoms with Crippen LogP contribution in [-0.2, 0) is 0 Å². The molecule has 14 heavy (non-hydrogen) atoms. The Morgan fingerprint density at radius 1 is 1.36 bits per heavy atom. The second-order valence-corrected chi connectivity index (χ2v) is 3.52. The first-order chi connectivity index (χ1) is 6.02. The van der Waals surface area contributed by atoms with Gasteiger partial charge in [0.1, 0.15) is 0 Å². The molecule has 0 aromatic heterocycles. The molecule has 0 unspecified atom stereocenters. The number of halogens is 1. The van der Waals surface area contributed by atoms with Crippen molar-refractivity contribution in [3.63, 3.8) is 0 Å². The maximum atomic E-state index is 11.0. The molecular weight excluding hydrogens is 198 g/mol. The van der Waals surface area contributed by atoms with Gasteiger partial charge in [-0.3, -0.25) is 4.79 Å². The van der Waals surface area contributed by atoms with Gasteiger partial charge in [0.25, 0.3) is 0 Å². The molecule has 0 bridgehead atoms. The average molecular weight is 214 g/mol. The average Bonchev–Trinajstić information content (AvgIpc) is 2.03. The third-order valence-electron chi connectivity index (χ3n) is 1.85. The lowest BCUT2D eigenvalue weighted by Crippen LogP contribution is -2.08. The normalized spacial score (nSPS) is 9.14. The summed E-state index contributed by atoms with van der Waals surface area (Å²) in [5.74, 6) is -0.00435. The van der Waals surface area contributed by atoms with Gasteiger partial charge in [-0.05, 0) is 25.1 Å². The van der Waals surface area contributed by atoms with Crippen molar-refractivity contribution >= 4 is 23.1 Å². The number of carbonyl (C=O) groups excluding carboxylic acids is 1. The van der Waals surface area contributed by atoms with Crippen LogP contribution >= 0.6 is 11.6 Å². The highest BCUT2D eigenvalue weighted by Crippen LogP contribution is 2.22. The molecule has 0 aliphatic rings. The van der Waals surface area contributed by atoms with E-state index in [4.69, 9.17) is 11.6 Å². The van der Waals surface area contributed by atoms with Gasteiger partial charge in [-0.1, -0.05) is 19.0 Å². The molecular formula is C11H16ClNO. The fraction of sp³-hybridized carbons (Fsp3) is 0.364. The first-order valence-electron chi connectivity index (χ1n) is 4.00. The van der Waals surface area contributed by atoms with Crippen molar-refractivity contribution < 1.29 is 4.79 Å². The van der Waals surface area contributed by atoms with Gasteiger partial charge in [0.15, 0.2) is 5.78 Å². The lowest BCUT2D eigenvalue weighted by molar-refractivity contribution is 0.101. The van der Waals surface area contributed by atoms with Crippen LogP contribution in [0.15, 0.2) is 18.2 Å². The fourth-order valence-corrected chi connectivity index (χ4v) is 1.38. The van der Waals surface area contributed by atoms with E-state index < -0.39 is 0 Å². The molecule has 0 fully saturated rings. The number of hydrogen-bond acceptors (Lipinski definition) is 2. The van der Waals surface area contributed by atoms with Crippen molar-refractivity contribution in [1.82, 2.24) is 0 Å². The molecule has 1 rings (SSSR count). The maximum absolute atomic E-state index is 11.0. The third-order valence-corrected chi connectivity index (χ3v) is 2.16. The SMILES string of the molecule is C.CC(=O)c1ccc(N(C)C)cc1Cl. The molecule has 0 N–H and O–H groups in total. The van der Waals surface area contributed by atoms with Crippen LogP contribution in [0.3, 0.4) is 0 Å². The van der Waals surface area contributed by atoms with Crippen molar-refractivity contribution in [3.05, 3.63) is 28.8 Å². The summed E-state index contributed by atoms with van der Waals surface area (Å²) < 4.78 is 0. The van der Waals surface area contributed by atoms with E-state index in [1.807, 2.05) is 25.1 Å². The summed E-state index contributed by atoms with van der Waals surface area (Å²) in [4.78, 5) is 13.0. The van der Waals surface area contributed by atoms with Crippen molar-refractivity contribution in [2.45, 2.75) is 14.4 Å². The minimum Gasteiger partial charge on any atom is -0.378 e. The van der Waals surface area contributed by atoms with Crippen molar-refractivity contribution in [3.8, 4) is 0 Å². The van der Waals surface area contributed by atoms with Gasteiger partial charge in [0, 0.05) is 25.3 Å². The van der Waals surface area contributed by atoms with Gasteiger partial charge < -0.3 is 4.90 Å². The largest absolute Gasteiger partial charge is 0.378 e. The number of Topliss-reactive ketones (excluding diaryl/α,β-unsaturated/α-hetero) is 1. The first-order valence-corrected chi connectivity index (χ1v) is 4.38. The number of ketones is 1. The minimum atomic E-state index is -0.00435. The highest BCUT2D eigenvalue weighted by atomic mass is 35.5. The van der Waals surface area contributed by atoms with Crippen LogP contribution in [0.25, 0.3) is 0 Å². The summed E-state index contributed by atoms with van der Waals surface area (Å²) in [7, 11) is 3.86. The number of carbonyl (C=O) groups is 1. The van der Waals surface area contributed by atoms with Crippen LogP contribution in [0.5, 0.6) is 0 Å². The molecule has 0 spiro atoms. The standard InChI is InChI=1S/C10H12ClNO.CH4/c1-7(13)9-5-4-8(12(2)3)6-10(9)11;/h4-6H,1-3H3;1H4. The Balaban J connectivity index is 0.00000169. The second-order valence-electron chi connectivity index (χ2n) is 3.11. The molecule has 2 nitrogen and oxygen atoms in total. The van der Waals surface area contributed by atoms with Crippen molar-refractivity contribution in [2.75, 3.05) is 19.0 Å². The molecule has 0 amide bonds. The summed E-state index contributed by atoms with van der Waals surface area (Å²) >= 11 is 5.92. The molecule has 3 heteroatoms. The Labute approximate surface area is 90.5 Å². The van der Waals surface area contributed by atoms with E-state index in [2.05, 4.69) is 0 Å². The van der Waals surface area contributed by atoms with Gasteiger partial charge in [0.2, 0.25) is 0 Å². The van der Waals surface area contributed by atoms with Crippen LogP contribution in [-0.4, -0.2) is 19.9 Å². The van der Waals surface area contributed by atoms with E-state index in [9.17, 15) is 4.79 Å². The summed E-state index contributed by atoms with van der Waals surface area (Å²) in [6, 6.07) is 5.42. The van der Waals surface area contributed by atoms with E-state index in [1.54, 1.807) is 12.1 Å². The van der Waals surface area contributed by atoms with Gasteiger partial charge in [-0.2, -0.15) is 0 Å². The van der Waals surface area contributed by atoms with E-state index in [-0.39, 0.29) is 13.2 Å². The predicted octanol–water partition coefficient (Wildman–Crippen LogP) is 3.24. The maximum Gasteiger partial charge on any atom is 0.161 e. The number of rotatable bonds is 2. The monoisotopic (exact) mass is 213 g/mol. The zero-order valence-electron chi connectivity index (χ0n) is 7.97. The van der Waals surface area contributed by atoms with Crippen LogP contribution in [0.1, 0.15) is 24.7 Å². The lowest BCUT2D eigenvalue weighted by Gasteiger charge is -2.13. The van der Waals surface area contributed by atoms with Gasteiger partial charge in [-0.25, -0.2) is 0 Å². The Morgan fingerprint density at radius 3 is 2.29 bits per heavy atom. The fourth-order valence-electron chi connectivity index (χ4n) is 1.07. The van der Waals surface area contributed by atoms with E-state index in [1.165, 1.54) is 6.92 Å². The van der Waals surface area contributed by atoms with Gasteiger partial charge >= 0.3 is 0 Å². The molecule has 0 aliphatic heterocycles. The molecule has 78 valence electrons. The van der Waals surface area contributed by atoms with Crippen LogP contribution in [0, 0.1) is 0 Å². The molecule has 0 saturated heterocycles. The second kappa shape index (κ2) is 5.01. The number of anilines is 1. The zero-order valence-corrected chi connectivity index (χ0v) is 8.72. The first kappa shape index (κ1) is 13.0. The van der Waals surface area contributed by atoms with Gasteiger partial charge in [-0.15, -0.1) is 0 Å². The molecule has 0 aliphatic carbocycles. The summed E-state index contributed by atoms with van der Waals surface area (Å²) in [5.41, 5.74) is 1.57. The summed E-state index contributed by atoms with van der Waals surface area (Å²) in [6.45, 7) is 1.51. The smallest absolute Gasteiger partial charge is 0.161 e. The number of benzene rings is 1. The molecule has 1 aromatic carbocycles. The van der Waals surface area contributed by atoms with Crippen LogP contribution in [0.4, 0.5) is 5.69 Å².